The van der Waals surface area contributed by atoms with E-state index >= 15 is 0 Å². The van der Waals surface area contributed by atoms with Gasteiger partial charge in [-0.15, -0.1) is 0 Å². The Kier molecular flexibility index (Phi) is 5.14. The van der Waals surface area contributed by atoms with E-state index in [1.807, 2.05) is 68.4 Å². The van der Waals surface area contributed by atoms with Crippen molar-refractivity contribution in [2.75, 3.05) is 6.61 Å². The number of hydrogen-bond donors (Lipinski definition) is 1. The van der Waals surface area contributed by atoms with Crippen LogP contribution in [0.2, 0.25) is 0 Å². The summed E-state index contributed by atoms with van der Waals surface area (Å²) in [5, 5.41) is 6.79. The molecule has 25 heavy (non-hydrogen) atoms. The van der Waals surface area contributed by atoms with E-state index in [-0.39, 0.29) is 19.1 Å². The molecule has 0 aliphatic carbocycles. The van der Waals surface area contributed by atoms with Crippen LogP contribution in [0.15, 0.2) is 59.1 Å². The summed E-state index contributed by atoms with van der Waals surface area (Å²) >= 11 is 0. The maximum absolute atomic E-state index is 12.0. The number of carbonyl (C=O) groups excluding carboxylic acids is 1. The van der Waals surface area contributed by atoms with E-state index < -0.39 is 0 Å². The van der Waals surface area contributed by atoms with Crippen molar-refractivity contribution in [2.45, 2.75) is 20.4 Å². The molecule has 3 aromatic rings. The molecule has 0 atom stereocenters. The van der Waals surface area contributed by atoms with Crippen molar-refractivity contribution in [3.63, 3.8) is 0 Å². The van der Waals surface area contributed by atoms with Gasteiger partial charge in [-0.1, -0.05) is 47.6 Å². The minimum Gasteiger partial charge on any atom is -0.483 e. The van der Waals surface area contributed by atoms with E-state index in [0.717, 1.165) is 28.1 Å². The van der Waals surface area contributed by atoms with Crippen LogP contribution in [-0.4, -0.2) is 17.7 Å². The molecule has 0 saturated carbocycles. The number of nitrogens with zero attached hydrogens (tertiary/aromatic N) is 1. The molecular formula is C20H20N2O3. The largest absolute Gasteiger partial charge is 0.483 e. The summed E-state index contributed by atoms with van der Waals surface area (Å²) < 4.78 is 10.8. The van der Waals surface area contributed by atoms with Gasteiger partial charge in [-0.3, -0.25) is 4.79 Å². The van der Waals surface area contributed by atoms with Gasteiger partial charge in [0.05, 0.1) is 6.54 Å². The Morgan fingerprint density at radius 3 is 2.72 bits per heavy atom. The average molecular weight is 336 g/mol. The third-order valence-electron chi connectivity index (χ3n) is 4.00. The Balaban J connectivity index is 1.51. The zero-order chi connectivity index (χ0) is 17.6. The van der Waals surface area contributed by atoms with Gasteiger partial charge in [0, 0.05) is 11.6 Å². The summed E-state index contributed by atoms with van der Waals surface area (Å²) in [6.45, 7) is 4.22. The lowest BCUT2D eigenvalue weighted by Gasteiger charge is -2.10. The molecule has 0 aliphatic rings. The molecule has 1 amide bonds. The van der Waals surface area contributed by atoms with Gasteiger partial charge in [0.1, 0.15) is 11.4 Å². The topological polar surface area (TPSA) is 64.4 Å². The van der Waals surface area contributed by atoms with Crippen LogP contribution in [0.4, 0.5) is 0 Å². The molecule has 0 fully saturated rings. The Morgan fingerprint density at radius 1 is 1.12 bits per heavy atom. The molecule has 0 unspecified atom stereocenters. The molecule has 0 saturated heterocycles. The summed E-state index contributed by atoms with van der Waals surface area (Å²) in [5.74, 6) is 1.11. The lowest BCUT2D eigenvalue weighted by atomic mass is 10.1. The van der Waals surface area contributed by atoms with E-state index in [1.54, 1.807) is 0 Å². The first-order valence-electron chi connectivity index (χ1n) is 8.10. The highest BCUT2D eigenvalue weighted by Crippen LogP contribution is 2.20. The number of ether oxygens (including phenoxy) is 1. The molecule has 5 heteroatoms. The molecule has 2 aromatic carbocycles. The van der Waals surface area contributed by atoms with E-state index in [9.17, 15) is 4.79 Å². The highest BCUT2D eigenvalue weighted by molar-refractivity contribution is 5.77. The van der Waals surface area contributed by atoms with E-state index in [1.165, 1.54) is 0 Å². The van der Waals surface area contributed by atoms with Crippen molar-refractivity contribution in [1.29, 1.82) is 0 Å². The first kappa shape index (κ1) is 16.8. The van der Waals surface area contributed by atoms with Crippen LogP contribution in [0.25, 0.3) is 11.3 Å². The van der Waals surface area contributed by atoms with E-state index in [4.69, 9.17) is 9.26 Å². The molecule has 1 aromatic heterocycles. The molecule has 3 rings (SSSR count). The Morgan fingerprint density at radius 2 is 1.92 bits per heavy atom. The normalized spacial score (nSPS) is 10.5. The molecule has 0 spiro atoms. The van der Waals surface area contributed by atoms with Crippen molar-refractivity contribution in [3.05, 3.63) is 71.5 Å². The van der Waals surface area contributed by atoms with Gasteiger partial charge < -0.3 is 14.6 Å². The second-order valence-electron chi connectivity index (χ2n) is 5.81. The Bertz CT molecular complexity index is 856. The number of benzene rings is 2. The number of hydrogen-bond acceptors (Lipinski definition) is 4. The molecule has 0 radical (unpaired) electrons. The van der Waals surface area contributed by atoms with Crippen LogP contribution in [0.3, 0.4) is 0 Å². The third-order valence-corrected chi connectivity index (χ3v) is 4.00. The first-order valence-corrected chi connectivity index (χ1v) is 8.10. The molecular weight excluding hydrogens is 316 g/mol. The quantitative estimate of drug-likeness (QED) is 0.746. The van der Waals surface area contributed by atoms with Crippen molar-refractivity contribution in [2.24, 2.45) is 0 Å². The standard InChI is InChI=1S/C20H20N2O3/c1-14-7-6-10-19(15(14)2)24-13-20(23)21-12-17-11-18(22-25-17)16-8-4-3-5-9-16/h3-11H,12-13H2,1-2H3,(H,21,23). The van der Waals surface area contributed by atoms with Crippen LogP contribution >= 0.6 is 0 Å². The predicted molar refractivity (Wildman–Crippen MR) is 95.2 cm³/mol. The van der Waals surface area contributed by atoms with Crippen LogP contribution in [0, 0.1) is 13.8 Å². The van der Waals surface area contributed by atoms with Crippen molar-refractivity contribution in [3.8, 4) is 17.0 Å². The Labute approximate surface area is 146 Å². The summed E-state index contributed by atoms with van der Waals surface area (Å²) in [4.78, 5) is 12.0. The minimum atomic E-state index is -0.210. The zero-order valence-corrected chi connectivity index (χ0v) is 14.3. The molecule has 5 nitrogen and oxygen atoms in total. The fourth-order valence-electron chi connectivity index (χ4n) is 2.40. The first-order chi connectivity index (χ1) is 12.1. The average Bonchev–Trinajstić information content (AvgIpc) is 3.11. The summed E-state index contributed by atoms with van der Waals surface area (Å²) in [5.41, 5.74) is 3.89. The molecule has 1 heterocycles. The number of carbonyl (C=O) groups is 1. The van der Waals surface area contributed by atoms with Crippen LogP contribution in [0.1, 0.15) is 16.9 Å². The number of amides is 1. The van der Waals surface area contributed by atoms with Crippen LogP contribution in [0.5, 0.6) is 5.75 Å². The van der Waals surface area contributed by atoms with Gasteiger partial charge in [0.2, 0.25) is 0 Å². The number of aromatic nitrogens is 1. The smallest absolute Gasteiger partial charge is 0.258 e. The fraction of sp³-hybridized carbons (Fsp3) is 0.200. The van der Waals surface area contributed by atoms with Crippen LogP contribution in [-0.2, 0) is 11.3 Å². The van der Waals surface area contributed by atoms with Crippen molar-refractivity contribution >= 4 is 5.91 Å². The van der Waals surface area contributed by atoms with Gasteiger partial charge in [-0.25, -0.2) is 0 Å². The third kappa shape index (κ3) is 4.26. The van der Waals surface area contributed by atoms with Gasteiger partial charge in [-0.05, 0) is 31.0 Å². The van der Waals surface area contributed by atoms with Gasteiger partial charge in [-0.2, -0.15) is 0 Å². The van der Waals surface area contributed by atoms with Crippen molar-refractivity contribution in [1.82, 2.24) is 10.5 Å². The van der Waals surface area contributed by atoms with Gasteiger partial charge >= 0.3 is 0 Å². The second kappa shape index (κ2) is 7.66. The number of aryl methyl sites for hydroxylation is 1. The van der Waals surface area contributed by atoms with E-state index in [2.05, 4.69) is 10.5 Å². The minimum absolute atomic E-state index is 0.0377. The highest BCUT2D eigenvalue weighted by atomic mass is 16.5. The monoisotopic (exact) mass is 336 g/mol. The summed E-state index contributed by atoms with van der Waals surface area (Å²) in [6.07, 6.45) is 0. The summed E-state index contributed by atoms with van der Waals surface area (Å²) in [6, 6.07) is 17.3. The highest BCUT2D eigenvalue weighted by Gasteiger charge is 2.09. The predicted octanol–water partition coefficient (Wildman–Crippen LogP) is 3.65. The fourth-order valence-corrected chi connectivity index (χ4v) is 2.40. The van der Waals surface area contributed by atoms with Gasteiger partial charge in [0.25, 0.3) is 5.91 Å². The molecule has 1 N–H and O–H groups in total. The lowest BCUT2D eigenvalue weighted by Crippen LogP contribution is -2.28. The maximum Gasteiger partial charge on any atom is 0.258 e. The maximum atomic E-state index is 12.0. The molecule has 0 bridgehead atoms. The number of nitrogens with one attached hydrogen (secondary N) is 1. The van der Waals surface area contributed by atoms with E-state index in [0.29, 0.717) is 5.76 Å². The molecule has 128 valence electrons. The summed E-state index contributed by atoms with van der Waals surface area (Å²) in [7, 11) is 0. The van der Waals surface area contributed by atoms with Crippen LogP contribution < -0.4 is 10.1 Å². The van der Waals surface area contributed by atoms with Crippen molar-refractivity contribution < 1.29 is 14.1 Å². The van der Waals surface area contributed by atoms with Gasteiger partial charge in [0.15, 0.2) is 12.4 Å². The zero-order valence-electron chi connectivity index (χ0n) is 14.3. The Hall–Kier alpha value is -3.08. The SMILES string of the molecule is Cc1cccc(OCC(=O)NCc2cc(-c3ccccc3)no2)c1C. The second-order valence-corrected chi connectivity index (χ2v) is 5.81. The lowest BCUT2D eigenvalue weighted by molar-refractivity contribution is -0.123. The molecule has 0 aliphatic heterocycles. The number of rotatable bonds is 6.